The van der Waals surface area contributed by atoms with Crippen molar-refractivity contribution < 1.29 is 76.9 Å². The number of hydrogen-bond acceptors (Lipinski definition) is 22. The number of ether oxygens (including phenoxy) is 1. The van der Waals surface area contributed by atoms with Gasteiger partial charge in [0.2, 0.25) is 0 Å². The van der Waals surface area contributed by atoms with E-state index in [1.807, 2.05) is 39.0 Å². The molecule has 0 spiro atoms. The van der Waals surface area contributed by atoms with Gasteiger partial charge in [-0.3, -0.25) is 59.2 Å². The fraction of sp³-hybridized carbons (Fsp3) is 0.134. The van der Waals surface area contributed by atoms with Gasteiger partial charge in [0.1, 0.15) is 46.1 Å². The smallest absolute Gasteiger partial charge is 0.668 e. The third-order valence-corrected chi connectivity index (χ3v) is 19.1. The number of benzene rings is 8. The van der Waals surface area contributed by atoms with Crippen molar-refractivity contribution in [1.82, 2.24) is 29.8 Å². The van der Waals surface area contributed by atoms with Crippen molar-refractivity contribution in [2.24, 2.45) is 0 Å². The van der Waals surface area contributed by atoms with Gasteiger partial charge in [-0.15, -0.1) is 12.4 Å². The number of nitrogens with two attached hydrogens (primary N) is 2. The maximum atomic E-state index is 12.8. The second-order valence-electron chi connectivity index (χ2n) is 28.8. The minimum absolute atomic E-state index is 0. The predicted octanol–water partition coefficient (Wildman–Crippen LogP) is 19.3. The summed E-state index contributed by atoms with van der Waals surface area (Å²) >= 11 is 33.7. The average molecular weight is 2020 g/mol. The Morgan fingerprint density at radius 3 is 1.09 bits per heavy atom. The van der Waals surface area contributed by atoms with E-state index in [1.165, 1.54) is 92.4 Å². The van der Waals surface area contributed by atoms with Crippen molar-refractivity contribution >= 4 is 198 Å². The number of aromatic carboxylic acids is 1. The van der Waals surface area contributed by atoms with Crippen LogP contribution in [-0.4, -0.2) is 139 Å². The molecule has 13 aromatic rings. The molecule has 6 heterocycles. The number of aryl methyl sites for hydroxylation is 5. The normalized spacial score (nSPS) is 10.2. The zero-order chi connectivity index (χ0) is 101. The van der Waals surface area contributed by atoms with Gasteiger partial charge < -0.3 is 63.4 Å². The molecule has 0 aliphatic carbocycles. The number of nitrogen functional groups attached to an aromatic ring is 2. The number of hydrogen-bond donors (Lipinski definition) is 10. The van der Waals surface area contributed by atoms with E-state index in [1.54, 1.807) is 211 Å². The SMILES string of the molecule is C1CCOC1.C[N-]C.Cc1ccc(N)c(C(=O)Nc2ccc(Cl)cn2)c1.Cc1ccc(NC(=O)c2ccc(C#N)cc2)c(C(=O)Nc2ccc(Cl)cn2)c1.Cc1ccc(NC(=O)c2ccc(C(=N)N(C)C)cc2)c(C(=O)Nc2ccc(Cl)cn2)c1.Cc1ccc([N+](=O)[O-])c(C(=O)Nc2ccc(Cl)cn2)c1.Cc1ccc([N+](=O)[O-])c(C(=O)O)c1.Cl.Nc1ccc(Cl)cn1.[C-]#[N+]c1ccc(C(=O)Cl)cc1.[Li+]. The molecule has 0 unspecified atom stereocenters. The van der Waals surface area contributed by atoms with E-state index in [4.69, 9.17) is 108 Å². The molecule has 34 nitrogen and oxygen atoms in total. The van der Waals surface area contributed by atoms with Gasteiger partial charge >= 0.3 is 24.8 Å². The second kappa shape index (κ2) is 59.7. The summed E-state index contributed by atoms with van der Waals surface area (Å²) < 4.78 is 4.94. The number of amidine groups is 1. The number of nitro benzene ring substituents is 2. The Hall–Kier alpha value is -15.1. The predicted molar refractivity (Wildman–Crippen MR) is 542 cm³/mol. The first-order chi connectivity index (χ1) is 65.2. The summed E-state index contributed by atoms with van der Waals surface area (Å²) in [5, 5.41) is 68.4. The number of pyridine rings is 5. The number of amides is 6. The van der Waals surface area contributed by atoms with Gasteiger partial charge in [-0.25, -0.2) is 34.6 Å². The molecule has 14 rings (SSSR count). The molecule has 1 saturated heterocycles. The number of anilines is 8. The van der Waals surface area contributed by atoms with Crippen molar-refractivity contribution in [3.8, 4) is 6.07 Å². The van der Waals surface area contributed by atoms with Gasteiger partial charge in [0.15, 0.2) is 5.69 Å². The number of rotatable bonds is 17. The third kappa shape index (κ3) is 40.4. The number of nitrogens with zero attached hydrogens (tertiary/aromatic N) is 11. The summed E-state index contributed by atoms with van der Waals surface area (Å²) in [6.07, 6.45) is 9.78. The van der Waals surface area contributed by atoms with Crippen LogP contribution in [0.2, 0.25) is 25.1 Å². The fourth-order valence-corrected chi connectivity index (χ4v) is 11.7. The Morgan fingerprint density at radius 2 is 0.777 bits per heavy atom. The van der Waals surface area contributed by atoms with Gasteiger partial charge in [-0.05, 0) is 216 Å². The summed E-state index contributed by atoms with van der Waals surface area (Å²) in [5.41, 5.74) is 19.4. The Balaban J connectivity index is 0.000000344. The van der Waals surface area contributed by atoms with Crippen LogP contribution in [0.1, 0.15) is 135 Å². The Morgan fingerprint density at radius 1 is 0.460 bits per heavy atom. The first kappa shape index (κ1) is 116. The number of carbonyl (C=O) groups excluding carboxylic acids is 7. The van der Waals surface area contributed by atoms with E-state index in [9.17, 15) is 58.6 Å². The van der Waals surface area contributed by atoms with Crippen molar-refractivity contribution in [2.75, 3.05) is 84.8 Å². The van der Waals surface area contributed by atoms with Crippen LogP contribution in [0.3, 0.4) is 0 Å². The molecule has 8 aromatic carbocycles. The quantitative estimate of drug-likeness (QED) is 0.00591. The number of nitro groups is 2. The molecule has 12 N–H and O–H groups in total. The van der Waals surface area contributed by atoms with Crippen LogP contribution >= 0.6 is 82.0 Å². The molecule has 1 aliphatic rings. The molecule has 1 aliphatic heterocycles. The molecule has 42 heteroatoms. The van der Waals surface area contributed by atoms with E-state index in [2.05, 4.69) is 67.0 Å². The molecule has 5 aromatic heterocycles. The maximum Gasteiger partial charge on any atom is 1.00 e. The molecule has 139 heavy (non-hydrogen) atoms. The van der Waals surface area contributed by atoms with Crippen molar-refractivity contribution in [2.45, 2.75) is 47.5 Å². The Kier molecular flexibility index (Phi) is 49.9. The number of halogens is 7. The fourth-order valence-electron chi connectivity index (χ4n) is 11.0. The minimum Gasteiger partial charge on any atom is -0.668 e. The van der Waals surface area contributed by atoms with E-state index >= 15 is 0 Å². The van der Waals surface area contributed by atoms with Gasteiger partial charge in [0, 0.05) is 98.4 Å². The van der Waals surface area contributed by atoms with Gasteiger partial charge in [-0.1, -0.05) is 141 Å². The molecule has 0 bridgehead atoms. The molecule has 0 saturated carbocycles. The standard InChI is InChI=1S/C23H22ClN5O2.C21H15ClN4O2.C13H10ClN3O3.C13H12ClN3O.C8H4ClNO.C8H7NO4.C5H5ClN2.C4H8O.C2H6N.ClH.Li/c1-14-4-10-19(18(12-14)23(31)28-20-11-9-17(24)13-26-20)27-22(30)16-7-5-15(6-8-16)21(25)29(2)3;1-13-2-8-18(25-20(27)15-5-3-14(11-23)4-6-15)17(10-13)21(28)26-19-9-7-16(22)12-24-19;1-8-2-4-11(17(19)20)10(6-8)13(18)16-12-5-3-9(14)7-15-12;1-8-2-4-11(15)10(6-8)13(18)17-12-5-3-9(14)7-16-12;1-10-7-4-2-6(3-5-7)8(9)11;1-5-2-3-7(9(12)13)6(4-5)8(10)11;6-4-1-2-5(7)8-3-4;1-2-4-5-3-1;1-3-2;;/h4-13,25H,1-3H3,(H,27,30)(H,26,28,31);2-10,12H,1H3,(H,25,27)(H,24,26,28);2-7H,1H3,(H,15,16,18);2-7H,15H2,1H3,(H,16,17,18);2-5H;2-4H,1H3,(H,10,11);1-3H,(H2,7,8);1-4H2;1-2H3;1H;/q;;;;;;;;-1;;+1. The molecular formula is C97H90Cl7LiN20O14. The van der Waals surface area contributed by atoms with Crippen LogP contribution in [-0.2, 0) is 4.74 Å². The third-order valence-electron chi connectivity index (χ3n) is 17.8. The van der Waals surface area contributed by atoms with E-state index in [0.717, 1.165) is 35.5 Å². The Bertz CT molecular complexity index is 6460. The van der Waals surface area contributed by atoms with E-state index in [-0.39, 0.29) is 77.3 Å². The topological polar surface area (TPSA) is 510 Å². The molecule has 0 radical (unpaired) electrons. The van der Waals surface area contributed by atoms with Crippen molar-refractivity contribution in [1.29, 1.82) is 10.7 Å². The van der Waals surface area contributed by atoms with E-state index < -0.39 is 38.8 Å². The van der Waals surface area contributed by atoms with Gasteiger partial charge in [0.05, 0.1) is 81.2 Å². The Labute approximate surface area is 848 Å². The monoisotopic (exact) mass is 2010 g/mol. The van der Waals surface area contributed by atoms with Crippen LogP contribution in [0.4, 0.5) is 63.2 Å². The van der Waals surface area contributed by atoms with Crippen LogP contribution in [0, 0.1) is 78.2 Å². The number of nitrogens with one attached hydrogen (secondary N) is 7. The zero-order valence-electron chi connectivity index (χ0n) is 76.1. The maximum absolute atomic E-state index is 12.8. The summed E-state index contributed by atoms with van der Waals surface area (Å²) in [4.78, 5) is 141. The second-order valence-corrected chi connectivity index (χ2v) is 31.4. The van der Waals surface area contributed by atoms with Crippen LogP contribution < -0.4 is 62.2 Å². The largest absolute Gasteiger partial charge is 1.00 e. The minimum atomic E-state index is -1.28. The number of nitriles is 1. The molecule has 6 amide bonds. The summed E-state index contributed by atoms with van der Waals surface area (Å²) in [6, 6.07) is 61.2. The number of carboxylic acid groups (broad SMARTS) is 1. The summed E-state index contributed by atoms with van der Waals surface area (Å²) in [5.74, 6) is -1.45. The summed E-state index contributed by atoms with van der Waals surface area (Å²) in [7, 11) is 7.07. The van der Waals surface area contributed by atoms with Crippen molar-refractivity contribution in [3.05, 3.63) is 401 Å². The van der Waals surface area contributed by atoms with Crippen LogP contribution in [0.5, 0.6) is 0 Å². The molecular weight excluding hydrogens is 1920 g/mol. The number of carboxylic acids is 1. The number of carbonyl (C=O) groups is 8. The first-order valence-corrected chi connectivity index (χ1v) is 42.6. The van der Waals surface area contributed by atoms with E-state index in [0.29, 0.717) is 127 Å². The van der Waals surface area contributed by atoms with Crippen molar-refractivity contribution in [3.63, 3.8) is 0 Å². The van der Waals surface area contributed by atoms with Crippen LogP contribution in [0.25, 0.3) is 10.2 Å². The molecule has 1 fully saturated rings. The molecule has 0 atom stereocenters. The average Bonchev–Trinajstić information content (AvgIpc) is 1.46. The zero-order valence-corrected chi connectivity index (χ0v) is 81.4. The summed E-state index contributed by atoms with van der Waals surface area (Å²) in [6.45, 7) is 17.7. The van der Waals surface area contributed by atoms with Crippen LogP contribution in [0.15, 0.2) is 255 Å². The van der Waals surface area contributed by atoms with Gasteiger partial charge in [-0.2, -0.15) is 19.4 Å². The molecule has 712 valence electrons. The van der Waals surface area contributed by atoms with Gasteiger partial charge in [0.25, 0.3) is 52.1 Å². The number of aromatic nitrogens is 5. The first-order valence-electron chi connectivity index (χ1n) is 40.3.